The van der Waals surface area contributed by atoms with Gasteiger partial charge in [-0.1, -0.05) is 27.5 Å². The van der Waals surface area contributed by atoms with Gasteiger partial charge in [0.05, 0.1) is 10.6 Å². The number of nitrogens with one attached hydrogen (secondary N) is 1. The first-order valence-electron chi connectivity index (χ1n) is 6.05. The number of nitrogens with zero attached hydrogens (tertiary/aromatic N) is 1. The second-order valence-corrected chi connectivity index (χ2v) is 5.64. The van der Waals surface area contributed by atoms with Crippen molar-refractivity contribution in [3.05, 3.63) is 33.3 Å². The van der Waals surface area contributed by atoms with E-state index in [0.29, 0.717) is 10.6 Å². The lowest BCUT2D eigenvalue weighted by atomic mass is 10.2. The Labute approximate surface area is 129 Å². The molecule has 7 heteroatoms. The van der Waals surface area contributed by atoms with Crippen molar-refractivity contribution in [3.8, 4) is 0 Å². The third-order valence-corrected chi connectivity index (χ3v) is 3.77. The highest BCUT2D eigenvalue weighted by Crippen LogP contribution is 2.20. The molecule has 0 radical (unpaired) electrons. The molecule has 1 heterocycles. The van der Waals surface area contributed by atoms with Crippen molar-refractivity contribution in [2.75, 3.05) is 13.1 Å². The number of hydrogen-bond donors (Lipinski definition) is 1. The molecule has 1 N–H and O–H groups in total. The standard InChI is InChI=1S/C13H12BrClN2O3/c14-8-1-2-10(15)9(7-8)13(20)16-5-6-17-11(18)3-4-12(17)19/h1-2,7H,3-6H2,(H,16,20). The van der Waals surface area contributed by atoms with Crippen LogP contribution in [-0.2, 0) is 9.59 Å². The fourth-order valence-corrected chi connectivity index (χ4v) is 2.48. The molecule has 0 spiro atoms. The Hall–Kier alpha value is -1.40. The van der Waals surface area contributed by atoms with Crippen LogP contribution >= 0.6 is 27.5 Å². The molecule has 0 aromatic heterocycles. The highest BCUT2D eigenvalue weighted by Gasteiger charge is 2.28. The van der Waals surface area contributed by atoms with E-state index in [2.05, 4.69) is 21.2 Å². The third-order valence-electron chi connectivity index (χ3n) is 2.95. The van der Waals surface area contributed by atoms with Crippen molar-refractivity contribution in [2.45, 2.75) is 12.8 Å². The first kappa shape index (κ1) is 15.0. The second kappa shape index (κ2) is 6.37. The molecule has 0 unspecified atom stereocenters. The molecule has 5 nitrogen and oxygen atoms in total. The summed E-state index contributed by atoms with van der Waals surface area (Å²) in [4.78, 5) is 35.9. The van der Waals surface area contributed by atoms with Crippen LogP contribution in [0.1, 0.15) is 23.2 Å². The van der Waals surface area contributed by atoms with E-state index in [9.17, 15) is 14.4 Å². The van der Waals surface area contributed by atoms with E-state index in [-0.39, 0.29) is 43.7 Å². The molecule has 0 aliphatic carbocycles. The maximum Gasteiger partial charge on any atom is 0.252 e. The fraction of sp³-hybridized carbons (Fsp3) is 0.308. The average molecular weight is 360 g/mol. The summed E-state index contributed by atoms with van der Waals surface area (Å²) in [6, 6.07) is 4.97. The number of hydrogen-bond acceptors (Lipinski definition) is 3. The molecule has 1 aromatic carbocycles. The summed E-state index contributed by atoms with van der Waals surface area (Å²) in [5.41, 5.74) is 0.347. The van der Waals surface area contributed by atoms with Gasteiger partial charge in [0.2, 0.25) is 11.8 Å². The van der Waals surface area contributed by atoms with E-state index < -0.39 is 0 Å². The molecule has 1 aromatic rings. The second-order valence-electron chi connectivity index (χ2n) is 4.32. The largest absolute Gasteiger partial charge is 0.350 e. The first-order chi connectivity index (χ1) is 9.49. The molecule has 0 bridgehead atoms. The van der Waals surface area contributed by atoms with Crippen LogP contribution in [0, 0.1) is 0 Å². The highest BCUT2D eigenvalue weighted by atomic mass is 79.9. The summed E-state index contributed by atoms with van der Waals surface area (Å²) in [5, 5.41) is 2.99. The summed E-state index contributed by atoms with van der Waals surface area (Å²) in [5.74, 6) is -0.718. The minimum absolute atomic E-state index is 0.190. The smallest absolute Gasteiger partial charge is 0.252 e. The summed E-state index contributed by atoms with van der Waals surface area (Å²) >= 11 is 9.21. The predicted molar refractivity (Wildman–Crippen MR) is 77.4 cm³/mol. The van der Waals surface area contributed by atoms with Gasteiger partial charge in [-0.3, -0.25) is 19.3 Å². The molecule has 0 saturated carbocycles. The molecule has 1 aliphatic rings. The number of benzene rings is 1. The van der Waals surface area contributed by atoms with Crippen LogP contribution in [-0.4, -0.2) is 35.7 Å². The maximum absolute atomic E-state index is 11.9. The van der Waals surface area contributed by atoms with Gasteiger partial charge in [0.15, 0.2) is 0 Å². The van der Waals surface area contributed by atoms with E-state index in [0.717, 1.165) is 4.47 Å². The number of carbonyl (C=O) groups excluding carboxylic acids is 3. The molecule has 1 fully saturated rings. The number of halogens is 2. The van der Waals surface area contributed by atoms with Gasteiger partial charge in [-0.25, -0.2) is 0 Å². The van der Waals surface area contributed by atoms with Crippen molar-refractivity contribution < 1.29 is 14.4 Å². The Morgan fingerprint density at radius 2 is 1.95 bits per heavy atom. The number of carbonyl (C=O) groups is 3. The Morgan fingerprint density at radius 1 is 1.30 bits per heavy atom. The van der Waals surface area contributed by atoms with E-state index >= 15 is 0 Å². The summed E-state index contributed by atoms with van der Waals surface area (Å²) in [6.45, 7) is 0.397. The van der Waals surface area contributed by atoms with E-state index in [1.807, 2.05) is 0 Å². The van der Waals surface area contributed by atoms with E-state index in [1.165, 1.54) is 4.90 Å². The molecule has 2 rings (SSSR count). The molecule has 20 heavy (non-hydrogen) atoms. The van der Waals surface area contributed by atoms with Crippen LogP contribution in [0.15, 0.2) is 22.7 Å². The van der Waals surface area contributed by atoms with E-state index in [4.69, 9.17) is 11.6 Å². The molecular weight excluding hydrogens is 348 g/mol. The fourth-order valence-electron chi connectivity index (χ4n) is 1.92. The number of likely N-dealkylation sites (tertiary alicyclic amines) is 1. The van der Waals surface area contributed by atoms with Crippen LogP contribution in [0.25, 0.3) is 0 Å². The van der Waals surface area contributed by atoms with E-state index in [1.54, 1.807) is 18.2 Å². The number of amides is 3. The Bertz CT molecular complexity index is 561. The van der Waals surface area contributed by atoms with Crippen LogP contribution in [0.2, 0.25) is 5.02 Å². The van der Waals surface area contributed by atoms with Gasteiger partial charge >= 0.3 is 0 Å². The van der Waals surface area contributed by atoms with Crippen molar-refractivity contribution in [1.29, 1.82) is 0 Å². The Balaban J connectivity index is 1.91. The van der Waals surface area contributed by atoms with Gasteiger partial charge < -0.3 is 5.32 Å². The van der Waals surface area contributed by atoms with Crippen LogP contribution in [0.3, 0.4) is 0 Å². The minimum atomic E-state index is -0.338. The van der Waals surface area contributed by atoms with Crippen LogP contribution in [0.5, 0.6) is 0 Å². The Kier molecular flexibility index (Phi) is 4.77. The van der Waals surface area contributed by atoms with Crippen LogP contribution < -0.4 is 5.32 Å². The van der Waals surface area contributed by atoms with Crippen molar-refractivity contribution in [1.82, 2.24) is 10.2 Å². The van der Waals surface area contributed by atoms with Crippen LogP contribution in [0.4, 0.5) is 0 Å². The van der Waals surface area contributed by atoms with Gasteiger partial charge in [-0.05, 0) is 18.2 Å². The summed E-state index contributed by atoms with van der Waals surface area (Å²) < 4.78 is 0.747. The van der Waals surface area contributed by atoms with Gasteiger partial charge in [0.25, 0.3) is 5.91 Å². The van der Waals surface area contributed by atoms with Gasteiger partial charge in [-0.15, -0.1) is 0 Å². The molecule has 106 valence electrons. The third kappa shape index (κ3) is 3.37. The lowest BCUT2D eigenvalue weighted by molar-refractivity contribution is -0.138. The predicted octanol–water partition coefficient (Wildman–Crippen LogP) is 1.98. The van der Waals surface area contributed by atoms with Crippen molar-refractivity contribution in [2.24, 2.45) is 0 Å². The highest BCUT2D eigenvalue weighted by molar-refractivity contribution is 9.10. The number of imide groups is 1. The summed E-state index contributed by atoms with van der Waals surface area (Å²) in [7, 11) is 0. The molecule has 3 amide bonds. The van der Waals surface area contributed by atoms with Gasteiger partial charge in [-0.2, -0.15) is 0 Å². The molecule has 1 saturated heterocycles. The zero-order valence-corrected chi connectivity index (χ0v) is 12.8. The quantitative estimate of drug-likeness (QED) is 0.836. The minimum Gasteiger partial charge on any atom is -0.350 e. The molecular formula is C13H12BrClN2O3. The lowest BCUT2D eigenvalue weighted by Crippen LogP contribution is -2.37. The van der Waals surface area contributed by atoms with Gasteiger partial charge in [0, 0.05) is 30.4 Å². The molecule has 1 aliphatic heterocycles. The Morgan fingerprint density at radius 3 is 2.60 bits per heavy atom. The average Bonchev–Trinajstić information content (AvgIpc) is 2.73. The summed E-state index contributed by atoms with van der Waals surface area (Å²) in [6.07, 6.45) is 0.508. The first-order valence-corrected chi connectivity index (χ1v) is 7.22. The topological polar surface area (TPSA) is 66.5 Å². The maximum atomic E-state index is 11.9. The number of rotatable bonds is 4. The van der Waals surface area contributed by atoms with Gasteiger partial charge in [0.1, 0.15) is 0 Å². The molecule has 0 atom stereocenters. The zero-order valence-electron chi connectivity index (χ0n) is 10.5. The lowest BCUT2D eigenvalue weighted by Gasteiger charge is -2.14. The van der Waals surface area contributed by atoms with Crippen molar-refractivity contribution >= 4 is 45.3 Å². The monoisotopic (exact) mass is 358 g/mol. The van der Waals surface area contributed by atoms with Crippen molar-refractivity contribution in [3.63, 3.8) is 0 Å². The zero-order chi connectivity index (χ0) is 14.7. The SMILES string of the molecule is O=C(NCCN1C(=O)CCC1=O)c1cc(Br)ccc1Cl. The normalized spacial score (nSPS) is 14.8.